The predicted octanol–water partition coefficient (Wildman–Crippen LogP) is 4.83. The van der Waals surface area contributed by atoms with Crippen molar-refractivity contribution in [3.8, 4) is 0 Å². The Morgan fingerprint density at radius 3 is 0.864 bits per heavy atom. The normalized spacial score (nSPS) is 13.5. The zero-order chi connectivity index (χ0) is 18.7. The molecule has 0 aromatic carbocycles. The van der Waals surface area contributed by atoms with Gasteiger partial charge in [0, 0.05) is 16.7 Å². The highest BCUT2D eigenvalue weighted by Gasteiger charge is 2.38. The van der Waals surface area contributed by atoms with Crippen molar-refractivity contribution in [3.63, 3.8) is 0 Å². The van der Waals surface area contributed by atoms with Crippen molar-refractivity contribution in [2.45, 2.75) is 83.1 Å². The van der Waals surface area contributed by atoms with Crippen LogP contribution in [0, 0.1) is 27.6 Å². The number of nitrogens with two attached hydrogens (primary N) is 1. The molecule has 0 saturated heterocycles. The third kappa shape index (κ3) is 8.55. The molecule has 0 unspecified atom stereocenters. The first-order chi connectivity index (χ1) is 9.22. The van der Waals surface area contributed by atoms with Crippen LogP contribution in [0.3, 0.4) is 0 Å². The number of ketones is 1. The molecule has 2 N–H and O–H groups in total. The standard InChI is InChI=1S/C10H21NO.C9H18O/c1-9(2,3)7(8(11)12)10(4,5)6;1-8(2,3)7(10)9(4,5)6/h7H,1-6H3,(H2,11,12);1-6H3. The number of hydrogen-bond donors (Lipinski definition) is 1. The van der Waals surface area contributed by atoms with Crippen molar-refractivity contribution < 1.29 is 9.59 Å². The van der Waals surface area contributed by atoms with Crippen LogP contribution in [0.5, 0.6) is 0 Å². The van der Waals surface area contributed by atoms with E-state index in [-0.39, 0.29) is 33.5 Å². The third-order valence-electron chi connectivity index (χ3n) is 3.38. The lowest BCUT2D eigenvalue weighted by atomic mass is 9.66. The molecule has 22 heavy (non-hydrogen) atoms. The lowest BCUT2D eigenvalue weighted by Gasteiger charge is -2.38. The van der Waals surface area contributed by atoms with Crippen molar-refractivity contribution in [2.24, 2.45) is 33.3 Å². The van der Waals surface area contributed by atoms with Crippen LogP contribution in [-0.4, -0.2) is 11.7 Å². The van der Waals surface area contributed by atoms with E-state index in [1.807, 2.05) is 83.1 Å². The van der Waals surface area contributed by atoms with E-state index in [1.54, 1.807) is 0 Å². The van der Waals surface area contributed by atoms with Gasteiger partial charge in [0.15, 0.2) is 0 Å². The van der Waals surface area contributed by atoms with Gasteiger partial charge in [-0.15, -0.1) is 0 Å². The van der Waals surface area contributed by atoms with Gasteiger partial charge < -0.3 is 5.73 Å². The summed E-state index contributed by atoms with van der Waals surface area (Å²) in [5, 5.41) is 0. The second kappa shape index (κ2) is 7.14. The fraction of sp³-hybridized carbons (Fsp3) is 0.895. The Morgan fingerprint density at radius 2 is 0.864 bits per heavy atom. The fourth-order valence-electron chi connectivity index (χ4n) is 3.28. The number of amides is 1. The van der Waals surface area contributed by atoms with Crippen molar-refractivity contribution in [3.05, 3.63) is 0 Å². The molecule has 1 amide bonds. The Hall–Kier alpha value is -0.860. The topological polar surface area (TPSA) is 60.2 Å². The summed E-state index contributed by atoms with van der Waals surface area (Å²) < 4.78 is 0. The number of primary amides is 1. The SMILES string of the molecule is CC(C)(C)C(=O)C(C)(C)C.CC(C)(C)C(C(N)=O)C(C)(C)C. The monoisotopic (exact) mass is 313 g/mol. The lowest BCUT2D eigenvalue weighted by molar-refractivity contribution is -0.134. The molecule has 0 heterocycles. The highest BCUT2D eigenvalue weighted by atomic mass is 16.1. The molecule has 132 valence electrons. The van der Waals surface area contributed by atoms with Gasteiger partial charge in [0.05, 0.1) is 0 Å². The largest absolute Gasteiger partial charge is 0.369 e. The van der Waals surface area contributed by atoms with Crippen LogP contribution in [0.4, 0.5) is 0 Å². The lowest BCUT2D eigenvalue weighted by Crippen LogP contribution is -2.42. The average Bonchev–Trinajstić information content (AvgIpc) is 2.07. The first kappa shape index (κ1) is 23.4. The average molecular weight is 314 g/mol. The van der Waals surface area contributed by atoms with Gasteiger partial charge >= 0.3 is 0 Å². The van der Waals surface area contributed by atoms with Crippen molar-refractivity contribution in [1.82, 2.24) is 0 Å². The molecule has 0 fully saturated rings. The Kier molecular flexibility index (Phi) is 7.60. The van der Waals surface area contributed by atoms with E-state index in [9.17, 15) is 9.59 Å². The van der Waals surface area contributed by atoms with Crippen LogP contribution in [0.15, 0.2) is 0 Å². The number of rotatable bonds is 1. The maximum atomic E-state index is 11.5. The molecule has 0 aliphatic carbocycles. The summed E-state index contributed by atoms with van der Waals surface area (Å²) in [6.07, 6.45) is 0. The maximum Gasteiger partial charge on any atom is 0.221 e. The van der Waals surface area contributed by atoms with Gasteiger partial charge in [-0.25, -0.2) is 0 Å². The summed E-state index contributed by atoms with van der Waals surface area (Å²) in [5.41, 5.74) is 4.87. The minimum atomic E-state index is -0.199. The zero-order valence-electron chi connectivity index (χ0n) is 17.0. The van der Waals surface area contributed by atoms with Gasteiger partial charge in [-0.05, 0) is 10.8 Å². The van der Waals surface area contributed by atoms with Gasteiger partial charge in [-0.3, -0.25) is 9.59 Å². The number of Topliss-reactive ketones (excluding diaryl/α,β-unsaturated/α-hetero) is 1. The van der Waals surface area contributed by atoms with E-state index in [2.05, 4.69) is 0 Å². The molecule has 0 aliphatic rings. The molecule has 0 radical (unpaired) electrons. The van der Waals surface area contributed by atoms with E-state index in [0.29, 0.717) is 5.78 Å². The molecular formula is C19H39NO2. The summed E-state index contributed by atoms with van der Waals surface area (Å²) in [6.45, 7) is 24.0. The summed E-state index contributed by atoms with van der Waals surface area (Å²) in [5.74, 6) is 0.0417. The van der Waals surface area contributed by atoms with Crippen LogP contribution in [0.1, 0.15) is 83.1 Å². The van der Waals surface area contributed by atoms with Crippen LogP contribution in [-0.2, 0) is 9.59 Å². The van der Waals surface area contributed by atoms with Gasteiger partial charge in [-0.1, -0.05) is 83.1 Å². The van der Waals surface area contributed by atoms with Crippen LogP contribution < -0.4 is 5.73 Å². The first-order valence-electron chi connectivity index (χ1n) is 8.06. The van der Waals surface area contributed by atoms with E-state index in [4.69, 9.17) is 5.73 Å². The Labute approximate surface area is 138 Å². The molecule has 3 nitrogen and oxygen atoms in total. The number of carbonyl (C=O) groups is 2. The quantitative estimate of drug-likeness (QED) is 0.754. The van der Waals surface area contributed by atoms with Crippen molar-refractivity contribution in [1.29, 1.82) is 0 Å². The third-order valence-corrected chi connectivity index (χ3v) is 3.38. The maximum absolute atomic E-state index is 11.5. The van der Waals surface area contributed by atoms with Crippen molar-refractivity contribution in [2.75, 3.05) is 0 Å². The minimum absolute atomic E-state index is 0.0515. The van der Waals surface area contributed by atoms with E-state index >= 15 is 0 Å². The molecule has 0 atom stereocenters. The zero-order valence-corrected chi connectivity index (χ0v) is 17.0. The molecule has 0 rings (SSSR count). The Morgan fingerprint density at radius 1 is 0.636 bits per heavy atom. The van der Waals surface area contributed by atoms with Gasteiger partial charge in [0.25, 0.3) is 0 Å². The molecule has 0 bridgehead atoms. The molecule has 0 aliphatic heterocycles. The molecular weight excluding hydrogens is 274 g/mol. The molecule has 0 aromatic heterocycles. The van der Waals surface area contributed by atoms with E-state index in [0.717, 1.165) is 0 Å². The predicted molar refractivity (Wildman–Crippen MR) is 95.5 cm³/mol. The summed E-state index contributed by atoms with van der Waals surface area (Å²) >= 11 is 0. The van der Waals surface area contributed by atoms with Gasteiger partial charge in [0.1, 0.15) is 5.78 Å². The van der Waals surface area contributed by atoms with Gasteiger partial charge in [-0.2, -0.15) is 0 Å². The summed E-state index contributed by atoms with van der Waals surface area (Å²) in [7, 11) is 0. The molecule has 3 heteroatoms. The number of hydrogen-bond acceptors (Lipinski definition) is 2. The van der Waals surface area contributed by atoms with E-state index in [1.165, 1.54) is 0 Å². The van der Waals surface area contributed by atoms with Crippen LogP contribution >= 0.6 is 0 Å². The highest BCUT2D eigenvalue weighted by molar-refractivity contribution is 5.88. The highest BCUT2D eigenvalue weighted by Crippen LogP contribution is 2.39. The number of carbonyl (C=O) groups excluding carboxylic acids is 2. The van der Waals surface area contributed by atoms with Crippen LogP contribution in [0.2, 0.25) is 0 Å². The molecule has 0 aromatic rings. The second-order valence-corrected chi connectivity index (χ2v) is 10.4. The van der Waals surface area contributed by atoms with Crippen molar-refractivity contribution >= 4 is 11.7 Å². The van der Waals surface area contributed by atoms with E-state index < -0.39 is 0 Å². The molecule has 0 spiro atoms. The van der Waals surface area contributed by atoms with Gasteiger partial charge in [0.2, 0.25) is 5.91 Å². The van der Waals surface area contributed by atoms with Crippen LogP contribution in [0.25, 0.3) is 0 Å². The molecule has 0 saturated carbocycles. The Balaban J connectivity index is 0. The minimum Gasteiger partial charge on any atom is -0.369 e. The first-order valence-corrected chi connectivity index (χ1v) is 8.06. The summed E-state index contributed by atoms with van der Waals surface area (Å²) in [6, 6.07) is 0. The smallest absolute Gasteiger partial charge is 0.221 e. The second-order valence-electron chi connectivity index (χ2n) is 10.4. The Bertz CT molecular complexity index is 352. The summed E-state index contributed by atoms with van der Waals surface area (Å²) in [4.78, 5) is 22.7. The fourth-order valence-corrected chi connectivity index (χ4v) is 3.28.